The molecule has 4 heterocycles. The van der Waals surface area contributed by atoms with Gasteiger partial charge in [-0.25, -0.2) is 4.98 Å². The van der Waals surface area contributed by atoms with Crippen LogP contribution < -0.4 is 0 Å². The maximum atomic E-state index is 12.6. The molecule has 6 nitrogen and oxygen atoms in total. The number of carbonyl (C=O) groups excluding carboxylic acids is 1. The van der Waals surface area contributed by atoms with E-state index in [-0.39, 0.29) is 11.9 Å². The van der Waals surface area contributed by atoms with Crippen LogP contribution in [0.3, 0.4) is 0 Å². The van der Waals surface area contributed by atoms with Crippen LogP contribution in [-0.4, -0.2) is 32.5 Å². The number of aromatic nitrogens is 3. The number of thiazole rings is 1. The summed E-state index contributed by atoms with van der Waals surface area (Å²) in [6.45, 7) is 2.63. The van der Waals surface area contributed by atoms with Crippen molar-refractivity contribution in [1.82, 2.24) is 20.1 Å². The van der Waals surface area contributed by atoms with E-state index in [0.29, 0.717) is 11.8 Å². The molecule has 23 heavy (non-hydrogen) atoms. The van der Waals surface area contributed by atoms with E-state index in [1.807, 2.05) is 28.7 Å². The Morgan fingerprint density at radius 1 is 1.43 bits per heavy atom. The van der Waals surface area contributed by atoms with Gasteiger partial charge >= 0.3 is 0 Å². The highest BCUT2D eigenvalue weighted by atomic mass is 32.1. The molecule has 0 N–H and O–H groups in total. The lowest BCUT2D eigenvalue weighted by molar-refractivity contribution is 0.0716. The highest BCUT2D eigenvalue weighted by Crippen LogP contribution is 2.35. The lowest BCUT2D eigenvalue weighted by atomic mass is 10.2. The Morgan fingerprint density at radius 2 is 2.35 bits per heavy atom. The first-order valence-corrected chi connectivity index (χ1v) is 9.13. The van der Waals surface area contributed by atoms with Crippen LogP contribution in [0.2, 0.25) is 0 Å². The molecular weight excluding hydrogens is 332 g/mol. The summed E-state index contributed by atoms with van der Waals surface area (Å²) in [5, 5.41) is 12.1. The number of amides is 1. The number of hydrogen-bond donors (Lipinski definition) is 0. The second-order valence-electron chi connectivity index (χ2n) is 5.38. The van der Waals surface area contributed by atoms with Gasteiger partial charge < -0.3 is 9.32 Å². The molecule has 0 aliphatic carbocycles. The van der Waals surface area contributed by atoms with Gasteiger partial charge in [-0.05, 0) is 31.2 Å². The van der Waals surface area contributed by atoms with Crippen LogP contribution in [0, 0.1) is 6.92 Å². The monoisotopic (exact) mass is 346 g/mol. The van der Waals surface area contributed by atoms with Gasteiger partial charge in [0.25, 0.3) is 11.8 Å². The van der Waals surface area contributed by atoms with Crippen molar-refractivity contribution in [3.05, 3.63) is 39.5 Å². The Labute approximate surface area is 140 Å². The normalized spacial score (nSPS) is 17.8. The Morgan fingerprint density at radius 3 is 3.09 bits per heavy atom. The summed E-state index contributed by atoms with van der Waals surface area (Å²) in [6, 6.07) is 1.71. The number of nitrogens with zero attached hydrogens (tertiary/aromatic N) is 4. The zero-order chi connectivity index (χ0) is 15.8. The zero-order valence-corrected chi connectivity index (χ0v) is 14.1. The molecule has 1 amide bonds. The Balaban J connectivity index is 1.61. The van der Waals surface area contributed by atoms with Gasteiger partial charge in [0, 0.05) is 11.9 Å². The number of likely N-dealkylation sites (tertiary alicyclic amines) is 1. The molecule has 3 aromatic heterocycles. The first-order valence-electron chi connectivity index (χ1n) is 7.31. The summed E-state index contributed by atoms with van der Waals surface area (Å²) in [5.74, 6) is 1.02. The van der Waals surface area contributed by atoms with Crippen LogP contribution in [-0.2, 0) is 0 Å². The maximum absolute atomic E-state index is 12.6. The van der Waals surface area contributed by atoms with Gasteiger partial charge in [0.05, 0.1) is 16.8 Å². The molecule has 118 valence electrons. The van der Waals surface area contributed by atoms with Gasteiger partial charge in [0.2, 0.25) is 5.89 Å². The lowest BCUT2D eigenvalue weighted by Crippen LogP contribution is -2.30. The number of rotatable bonds is 3. The maximum Gasteiger partial charge on any atom is 0.259 e. The quantitative estimate of drug-likeness (QED) is 0.725. The van der Waals surface area contributed by atoms with Crippen molar-refractivity contribution in [2.45, 2.75) is 25.8 Å². The summed E-state index contributed by atoms with van der Waals surface area (Å²) in [6.07, 6.45) is 1.79. The standard InChI is InChI=1S/C15H14N4O2S2/c1-9-12(23-8-16-9)14-18-17-13(21-14)11-3-2-5-19(11)15(20)10-4-6-22-7-10/h4,6-8,11H,2-3,5H2,1H3/t11-/m1/s1. The molecule has 0 bridgehead atoms. The molecule has 0 saturated carbocycles. The predicted octanol–water partition coefficient (Wildman–Crippen LogP) is 3.54. The lowest BCUT2D eigenvalue weighted by Gasteiger charge is -2.21. The smallest absolute Gasteiger partial charge is 0.259 e. The molecule has 0 unspecified atom stereocenters. The van der Waals surface area contributed by atoms with Crippen molar-refractivity contribution >= 4 is 28.6 Å². The van der Waals surface area contributed by atoms with Gasteiger partial charge in [-0.2, -0.15) is 11.3 Å². The Kier molecular flexibility index (Phi) is 3.70. The zero-order valence-electron chi connectivity index (χ0n) is 12.4. The molecule has 1 saturated heterocycles. The van der Waals surface area contributed by atoms with E-state index in [9.17, 15) is 4.79 Å². The van der Waals surface area contributed by atoms with Gasteiger partial charge in [-0.15, -0.1) is 21.5 Å². The fourth-order valence-electron chi connectivity index (χ4n) is 2.79. The minimum absolute atomic E-state index is 0.0301. The Hall–Kier alpha value is -2.06. The highest BCUT2D eigenvalue weighted by molar-refractivity contribution is 7.13. The number of hydrogen-bond acceptors (Lipinski definition) is 7. The van der Waals surface area contributed by atoms with Crippen LogP contribution >= 0.6 is 22.7 Å². The fourth-order valence-corrected chi connectivity index (χ4v) is 4.14. The van der Waals surface area contributed by atoms with E-state index in [1.54, 1.807) is 5.51 Å². The summed E-state index contributed by atoms with van der Waals surface area (Å²) in [7, 11) is 0. The van der Waals surface area contributed by atoms with E-state index in [4.69, 9.17) is 4.42 Å². The molecule has 8 heteroatoms. The molecule has 1 aliphatic rings. The average molecular weight is 346 g/mol. The van der Waals surface area contributed by atoms with E-state index < -0.39 is 0 Å². The van der Waals surface area contributed by atoms with Gasteiger partial charge in [0.15, 0.2) is 0 Å². The molecule has 1 aliphatic heterocycles. The summed E-state index contributed by atoms with van der Waals surface area (Å²) in [5.41, 5.74) is 3.36. The average Bonchev–Trinajstić information content (AvgIpc) is 3.32. The summed E-state index contributed by atoms with van der Waals surface area (Å²) < 4.78 is 5.85. The van der Waals surface area contributed by atoms with E-state index >= 15 is 0 Å². The minimum Gasteiger partial charge on any atom is -0.418 e. The van der Waals surface area contributed by atoms with Crippen LogP contribution in [0.5, 0.6) is 0 Å². The Bertz CT molecular complexity index is 824. The van der Waals surface area contributed by atoms with E-state index in [1.165, 1.54) is 22.7 Å². The van der Waals surface area contributed by atoms with Crippen molar-refractivity contribution in [2.75, 3.05) is 6.54 Å². The third-order valence-corrected chi connectivity index (χ3v) is 5.55. The molecule has 0 aromatic carbocycles. The predicted molar refractivity (Wildman–Crippen MR) is 87.5 cm³/mol. The second-order valence-corrected chi connectivity index (χ2v) is 7.02. The van der Waals surface area contributed by atoms with E-state index in [0.717, 1.165) is 35.5 Å². The van der Waals surface area contributed by atoms with Gasteiger partial charge in [-0.1, -0.05) is 0 Å². The molecule has 0 spiro atoms. The van der Waals surface area contributed by atoms with Gasteiger partial charge in [0.1, 0.15) is 10.9 Å². The minimum atomic E-state index is -0.142. The summed E-state index contributed by atoms with van der Waals surface area (Å²) in [4.78, 5) is 19.5. The van der Waals surface area contributed by atoms with Crippen LogP contribution in [0.15, 0.2) is 26.8 Å². The number of carbonyl (C=O) groups is 1. The third kappa shape index (κ3) is 2.57. The largest absolute Gasteiger partial charge is 0.418 e. The van der Waals surface area contributed by atoms with Gasteiger partial charge in [-0.3, -0.25) is 4.79 Å². The van der Waals surface area contributed by atoms with Crippen molar-refractivity contribution in [3.63, 3.8) is 0 Å². The van der Waals surface area contributed by atoms with Crippen molar-refractivity contribution in [2.24, 2.45) is 0 Å². The summed E-state index contributed by atoms with van der Waals surface area (Å²) >= 11 is 3.00. The molecular formula is C15H14N4O2S2. The first-order chi connectivity index (χ1) is 11.2. The third-order valence-electron chi connectivity index (χ3n) is 3.95. The SMILES string of the molecule is Cc1ncsc1-c1nnc([C@H]2CCCN2C(=O)c2ccsc2)o1. The van der Waals surface area contributed by atoms with Crippen LogP contribution in [0.25, 0.3) is 10.8 Å². The van der Waals surface area contributed by atoms with Crippen molar-refractivity contribution < 1.29 is 9.21 Å². The van der Waals surface area contributed by atoms with Crippen LogP contribution in [0.4, 0.5) is 0 Å². The second kappa shape index (κ2) is 5.86. The first kappa shape index (κ1) is 14.5. The molecule has 3 aromatic rings. The number of aryl methyl sites for hydroxylation is 1. The molecule has 0 radical (unpaired) electrons. The van der Waals surface area contributed by atoms with E-state index in [2.05, 4.69) is 15.2 Å². The van der Waals surface area contributed by atoms with Crippen LogP contribution in [0.1, 0.15) is 40.8 Å². The molecule has 4 rings (SSSR count). The topological polar surface area (TPSA) is 72.1 Å². The number of thiophene rings is 1. The van der Waals surface area contributed by atoms with Crippen molar-refractivity contribution in [1.29, 1.82) is 0 Å². The molecule has 1 atom stereocenters. The molecule has 1 fully saturated rings. The highest BCUT2D eigenvalue weighted by Gasteiger charge is 2.34. The van der Waals surface area contributed by atoms with Crippen molar-refractivity contribution in [3.8, 4) is 10.8 Å². The fraction of sp³-hybridized carbons (Fsp3) is 0.333.